The fourth-order valence-electron chi connectivity index (χ4n) is 2.25. The Morgan fingerprint density at radius 2 is 2.11 bits per heavy atom. The lowest BCUT2D eigenvalue weighted by atomic mass is 10.1. The van der Waals surface area contributed by atoms with E-state index >= 15 is 0 Å². The van der Waals surface area contributed by atoms with Crippen LogP contribution in [-0.2, 0) is 14.6 Å². The first-order valence-electron chi connectivity index (χ1n) is 5.76. The van der Waals surface area contributed by atoms with Crippen LogP contribution in [-0.4, -0.2) is 39.0 Å². The van der Waals surface area contributed by atoms with E-state index in [-0.39, 0.29) is 24.0 Å². The zero-order valence-corrected chi connectivity index (χ0v) is 11.4. The maximum atomic E-state index is 11.4. The van der Waals surface area contributed by atoms with E-state index in [4.69, 9.17) is 0 Å². The van der Waals surface area contributed by atoms with Gasteiger partial charge in [0.25, 0.3) is 0 Å². The molecule has 1 saturated heterocycles. The first kappa shape index (κ1) is 13.5. The van der Waals surface area contributed by atoms with Crippen LogP contribution in [0.5, 0.6) is 0 Å². The standard InChI is InChI=1S/C11H15NO4S2/c13-11(14)8-9(10-2-1-5-17-10)12-3-6-18(15,16)7-4-12/h1-2,5,9H,3-4,6-8H2,(H,13,14)/t9-/m1/s1. The van der Waals surface area contributed by atoms with Crippen molar-refractivity contribution in [2.24, 2.45) is 0 Å². The van der Waals surface area contributed by atoms with Gasteiger partial charge in [-0.1, -0.05) is 6.07 Å². The van der Waals surface area contributed by atoms with Crippen molar-refractivity contribution in [3.8, 4) is 0 Å². The van der Waals surface area contributed by atoms with Crippen LogP contribution >= 0.6 is 11.3 Å². The van der Waals surface area contributed by atoms with Crippen molar-refractivity contribution in [2.75, 3.05) is 24.6 Å². The van der Waals surface area contributed by atoms with Crippen molar-refractivity contribution >= 4 is 27.1 Å². The van der Waals surface area contributed by atoms with Crippen LogP contribution in [0.4, 0.5) is 0 Å². The summed E-state index contributed by atoms with van der Waals surface area (Å²) in [6, 6.07) is 3.59. The Bertz CT molecular complexity index is 495. The topological polar surface area (TPSA) is 78.7 Å². The van der Waals surface area contributed by atoms with Crippen LogP contribution in [0, 0.1) is 0 Å². The van der Waals surface area contributed by atoms with Gasteiger partial charge >= 0.3 is 0 Å². The molecule has 1 atom stereocenters. The number of carbonyl (C=O) groups is 1. The summed E-state index contributed by atoms with van der Waals surface area (Å²) in [5, 5.41) is 12.7. The maximum absolute atomic E-state index is 11.4. The summed E-state index contributed by atoms with van der Waals surface area (Å²) in [4.78, 5) is 12.8. The molecule has 7 heteroatoms. The zero-order chi connectivity index (χ0) is 13.2. The lowest BCUT2D eigenvalue weighted by Gasteiger charge is -2.31. The minimum absolute atomic E-state index is 0.0596. The summed E-state index contributed by atoms with van der Waals surface area (Å²) >= 11 is 1.51. The van der Waals surface area contributed by atoms with Crippen LogP contribution in [0.25, 0.3) is 0 Å². The molecule has 0 saturated carbocycles. The van der Waals surface area contributed by atoms with Crippen molar-refractivity contribution in [1.29, 1.82) is 0 Å². The highest BCUT2D eigenvalue weighted by molar-refractivity contribution is 7.91. The summed E-state index contributed by atoms with van der Waals surface area (Å²) in [5.74, 6) is -0.816. The third-order valence-electron chi connectivity index (χ3n) is 3.22. The van der Waals surface area contributed by atoms with E-state index < -0.39 is 15.8 Å². The average Bonchev–Trinajstić information content (AvgIpc) is 2.79. The van der Waals surface area contributed by atoms with Crippen molar-refractivity contribution in [2.45, 2.75) is 12.5 Å². The molecule has 1 aliphatic rings. The van der Waals surface area contributed by atoms with E-state index in [0.29, 0.717) is 13.1 Å². The Labute approximate surface area is 110 Å². The minimum Gasteiger partial charge on any atom is -0.550 e. The second-order valence-corrected chi connectivity index (χ2v) is 7.74. The number of nitrogens with one attached hydrogen (secondary N) is 1. The summed E-state index contributed by atoms with van der Waals surface area (Å²) in [6.45, 7) is 0.941. The number of carbonyl (C=O) groups excluding carboxylic acids is 1. The largest absolute Gasteiger partial charge is 0.550 e. The van der Waals surface area contributed by atoms with Gasteiger partial charge in [0.2, 0.25) is 0 Å². The number of hydrogen-bond acceptors (Lipinski definition) is 5. The van der Waals surface area contributed by atoms with E-state index in [1.54, 1.807) is 0 Å². The number of hydrogen-bond donors (Lipinski definition) is 1. The molecule has 2 heterocycles. The molecule has 5 nitrogen and oxygen atoms in total. The number of carboxylic acid groups (broad SMARTS) is 1. The number of aliphatic carboxylic acids is 1. The molecular weight excluding hydrogens is 274 g/mol. The third kappa shape index (κ3) is 3.30. The Kier molecular flexibility index (Phi) is 4.04. The van der Waals surface area contributed by atoms with E-state index in [1.807, 2.05) is 17.5 Å². The van der Waals surface area contributed by atoms with Gasteiger partial charge in [0.15, 0.2) is 9.84 Å². The molecule has 2 rings (SSSR count). The molecule has 1 aliphatic heterocycles. The maximum Gasteiger partial charge on any atom is 0.161 e. The van der Waals surface area contributed by atoms with Gasteiger partial charge in [-0.05, 0) is 11.4 Å². The van der Waals surface area contributed by atoms with Gasteiger partial charge in [0.05, 0.1) is 29.5 Å². The predicted molar refractivity (Wildman–Crippen MR) is 66.0 cm³/mol. The van der Waals surface area contributed by atoms with Gasteiger partial charge in [-0.3, -0.25) is 0 Å². The van der Waals surface area contributed by atoms with Crippen molar-refractivity contribution < 1.29 is 23.2 Å². The number of quaternary nitrogens is 1. The quantitative estimate of drug-likeness (QED) is 0.712. The summed E-state index contributed by atoms with van der Waals surface area (Å²) in [6.07, 6.45) is -0.0596. The highest BCUT2D eigenvalue weighted by atomic mass is 32.2. The molecule has 1 aromatic rings. The van der Waals surface area contributed by atoms with Crippen LogP contribution in [0.3, 0.4) is 0 Å². The third-order valence-corrected chi connectivity index (χ3v) is 5.86. The fourth-order valence-corrected chi connectivity index (χ4v) is 4.49. The Morgan fingerprint density at radius 1 is 1.44 bits per heavy atom. The molecule has 0 aliphatic carbocycles. The summed E-state index contributed by atoms with van der Waals surface area (Å²) in [5.41, 5.74) is 0. The predicted octanol–water partition coefficient (Wildman–Crippen LogP) is -1.76. The Hall–Kier alpha value is -0.920. The first-order chi connectivity index (χ1) is 8.48. The number of carboxylic acids is 1. The first-order valence-corrected chi connectivity index (χ1v) is 8.46. The molecule has 0 radical (unpaired) electrons. The molecule has 0 spiro atoms. The van der Waals surface area contributed by atoms with Gasteiger partial charge in [0.1, 0.15) is 6.04 Å². The lowest BCUT2D eigenvalue weighted by Crippen LogP contribution is -3.14. The minimum atomic E-state index is -2.93. The molecule has 0 unspecified atom stereocenters. The monoisotopic (exact) mass is 289 g/mol. The fraction of sp³-hybridized carbons (Fsp3) is 0.545. The summed E-state index contributed by atoms with van der Waals surface area (Å²) in [7, 11) is -2.93. The van der Waals surface area contributed by atoms with Gasteiger partial charge in [-0.15, -0.1) is 11.3 Å². The molecule has 1 N–H and O–H groups in total. The van der Waals surface area contributed by atoms with Crippen LogP contribution in [0.1, 0.15) is 17.3 Å². The Morgan fingerprint density at radius 3 is 2.61 bits per heavy atom. The van der Waals surface area contributed by atoms with Gasteiger partial charge in [-0.25, -0.2) is 8.42 Å². The lowest BCUT2D eigenvalue weighted by molar-refractivity contribution is -0.927. The number of rotatable bonds is 4. The molecule has 18 heavy (non-hydrogen) atoms. The second kappa shape index (κ2) is 5.38. The van der Waals surface area contributed by atoms with E-state index in [0.717, 1.165) is 9.78 Å². The van der Waals surface area contributed by atoms with E-state index in [9.17, 15) is 18.3 Å². The SMILES string of the molecule is O=C([O-])C[C@H](c1cccs1)[NH+]1CCS(=O)(=O)CC1. The van der Waals surface area contributed by atoms with Crippen molar-refractivity contribution in [1.82, 2.24) is 0 Å². The molecular formula is C11H15NO4S2. The highest BCUT2D eigenvalue weighted by Crippen LogP contribution is 2.19. The Balaban J connectivity index is 2.13. The molecule has 100 valence electrons. The zero-order valence-electron chi connectivity index (χ0n) is 9.79. The molecule has 1 aromatic heterocycles. The number of sulfone groups is 1. The number of thiophene rings is 1. The highest BCUT2D eigenvalue weighted by Gasteiger charge is 2.32. The smallest absolute Gasteiger partial charge is 0.161 e. The van der Waals surface area contributed by atoms with E-state index in [1.165, 1.54) is 11.3 Å². The average molecular weight is 289 g/mol. The van der Waals surface area contributed by atoms with Gasteiger partial charge < -0.3 is 14.8 Å². The molecule has 0 amide bonds. The van der Waals surface area contributed by atoms with Crippen LogP contribution < -0.4 is 10.0 Å². The van der Waals surface area contributed by atoms with E-state index in [2.05, 4.69) is 0 Å². The van der Waals surface area contributed by atoms with Gasteiger partial charge in [-0.2, -0.15) is 0 Å². The van der Waals surface area contributed by atoms with Crippen molar-refractivity contribution in [3.63, 3.8) is 0 Å². The summed E-state index contributed by atoms with van der Waals surface area (Å²) < 4.78 is 22.8. The molecule has 0 bridgehead atoms. The molecule has 1 fully saturated rings. The van der Waals surface area contributed by atoms with Crippen LogP contribution in [0.15, 0.2) is 17.5 Å². The normalized spacial score (nSPS) is 21.6. The second-order valence-electron chi connectivity index (χ2n) is 4.45. The van der Waals surface area contributed by atoms with Gasteiger partial charge in [0, 0.05) is 12.4 Å². The molecule has 0 aromatic carbocycles. The van der Waals surface area contributed by atoms with Crippen LogP contribution in [0.2, 0.25) is 0 Å². The van der Waals surface area contributed by atoms with Crippen molar-refractivity contribution in [3.05, 3.63) is 22.4 Å².